The number of halogens is 3. The monoisotopic (exact) mass is 676 g/mol. The van der Waals surface area contributed by atoms with E-state index in [1.165, 1.54) is 47.5 Å². The third-order valence-corrected chi connectivity index (χ3v) is 10.5. The summed E-state index contributed by atoms with van der Waals surface area (Å²) in [7, 11) is -4.60. The van der Waals surface area contributed by atoms with Crippen LogP contribution in [0.5, 0.6) is 5.75 Å². The van der Waals surface area contributed by atoms with Crippen molar-refractivity contribution in [3.8, 4) is 16.9 Å². The van der Waals surface area contributed by atoms with Crippen LogP contribution in [0.3, 0.4) is 0 Å². The quantitative estimate of drug-likeness (QED) is 0.172. The number of aromatic nitrogens is 2. The van der Waals surface area contributed by atoms with Crippen molar-refractivity contribution in [2.24, 2.45) is 0 Å². The van der Waals surface area contributed by atoms with Gasteiger partial charge in [-0.15, -0.1) is 0 Å². The minimum Gasteiger partial charge on any atom is -0.490 e. The second-order valence-electron chi connectivity index (χ2n) is 12.0. The Hall–Kier alpha value is -4.32. The van der Waals surface area contributed by atoms with E-state index in [1.54, 1.807) is 42.5 Å². The van der Waals surface area contributed by atoms with E-state index in [9.17, 15) is 13.2 Å². The Balaban J connectivity index is 1.18. The number of carbonyl (C=O) groups is 1. The summed E-state index contributed by atoms with van der Waals surface area (Å²) < 4.78 is 68.6. The number of ether oxygens (including phenoxy) is 1. The number of fused-ring (bicyclic) bond motifs is 2. The fourth-order valence-electron chi connectivity index (χ4n) is 6.24. The van der Waals surface area contributed by atoms with Gasteiger partial charge in [0.15, 0.2) is 6.04 Å². The molecule has 0 unspecified atom stereocenters. The Morgan fingerprint density at radius 3 is 2.30 bits per heavy atom. The average Bonchev–Trinajstić information content (AvgIpc) is 3.83. The Morgan fingerprint density at radius 2 is 1.60 bits per heavy atom. The molecule has 1 aliphatic heterocycles. The van der Waals surface area contributed by atoms with Gasteiger partial charge < -0.3 is 9.64 Å². The molecule has 1 amide bonds. The summed E-state index contributed by atoms with van der Waals surface area (Å²) in [5, 5.41) is 8.57. The van der Waals surface area contributed by atoms with Crippen LogP contribution in [-0.4, -0.2) is 41.6 Å². The van der Waals surface area contributed by atoms with E-state index in [2.05, 4.69) is 14.9 Å². The van der Waals surface area contributed by atoms with Gasteiger partial charge in [0.2, 0.25) is 15.9 Å². The smallest absolute Gasteiger partial charge is 0.298 e. The highest BCUT2D eigenvalue weighted by Crippen LogP contribution is 2.37. The van der Waals surface area contributed by atoms with Crippen molar-refractivity contribution in [3.63, 3.8) is 0 Å². The van der Waals surface area contributed by atoms with Gasteiger partial charge in [-0.3, -0.25) is 9.89 Å². The van der Waals surface area contributed by atoms with Gasteiger partial charge in [0, 0.05) is 22.7 Å². The first-order valence-corrected chi connectivity index (χ1v) is 17.2. The highest BCUT2D eigenvalue weighted by Gasteiger charge is 2.50. The largest absolute Gasteiger partial charge is 0.490 e. The Labute approximate surface area is 275 Å². The topological polar surface area (TPSA) is 104 Å². The van der Waals surface area contributed by atoms with Crippen molar-refractivity contribution >= 4 is 38.3 Å². The molecule has 2 aliphatic rings. The van der Waals surface area contributed by atoms with E-state index < -0.39 is 33.5 Å². The van der Waals surface area contributed by atoms with Crippen LogP contribution in [0.25, 0.3) is 21.9 Å². The standard InChI is InChI=1S/C35H31ClF2N4O4S/c36-28-13-7-23(8-14-28)22-5-11-27(12-6-22)35(37,38)33(34(43)42-20-26-19-39-40-32(26)21-42)41-47(44,45)31-16-10-24-17-30(15-9-25(24)18-31)46-29-3-1-2-4-29/h5-19,29,33,41H,1-4,20-21H2,(H,39,40)/t33-/m0/s1. The molecular formula is C35H31ClF2N4O4S. The second kappa shape index (κ2) is 12.4. The molecule has 242 valence electrons. The van der Waals surface area contributed by atoms with E-state index in [0.717, 1.165) is 36.6 Å². The van der Waals surface area contributed by atoms with E-state index in [0.29, 0.717) is 33.0 Å². The normalized spacial score (nSPS) is 16.0. The van der Waals surface area contributed by atoms with Gasteiger partial charge in [-0.2, -0.15) is 18.6 Å². The van der Waals surface area contributed by atoms with Gasteiger partial charge in [0.1, 0.15) is 5.75 Å². The van der Waals surface area contributed by atoms with Gasteiger partial charge in [0.25, 0.3) is 5.92 Å². The summed E-state index contributed by atoms with van der Waals surface area (Å²) in [5.41, 5.74) is 2.20. The number of rotatable bonds is 9. The molecule has 0 radical (unpaired) electrons. The lowest BCUT2D eigenvalue weighted by Crippen LogP contribution is -2.55. The first-order valence-electron chi connectivity index (χ1n) is 15.3. The number of hydrogen-bond acceptors (Lipinski definition) is 5. The minimum atomic E-state index is -4.60. The number of H-pyrrole nitrogens is 1. The Kier molecular flexibility index (Phi) is 8.23. The van der Waals surface area contributed by atoms with Gasteiger partial charge in [0.05, 0.1) is 29.4 Å². The zero-order valence-corrected chi connectivity index (χ0v) is 26.7. The first-order chi connectivity index (χ1) is 22.6. The number of benzene rings is 4. The van der Waals surface area contributed by atoms with Crippen molar-refractivity contribution in [2.45, 2.75) is 61.7 Å². The van der Waals surface area contributed by atoms with Crippen LogP contribution in [0.4, 0.5) is 8.78 Å². The molecule has 12 heteroatoms. The number of hydrogen-bond donors (Lipinski definition) is 2. The van der Waals surface area contributed by atoms with E-state index >= 15 is 8.78 Å². The molecule has 8 nitrogen and oxygen atoms in total. The summed E-state index contributed by atoms with van der Waals surface area (Å²) in [5.74, 6) is -4.28. The molecule has 47 heavy (non-hydrogen) atoms. The zero-order chi connectivity index (χ0) is 32.8. The molecule has 2 heterocycles. The third-order valence-electron chi connectivity index (χ3n) is 8.86. The summed E-state index contributed by atoms with van der Waals surface area (Å²) in [6.07, 6.45) is 5.94. The number of carbonyl (C=O) groups excluding carboxylic acids is 1. The second-order valence-corrected chi connectivity index (χ2v) is 14.2. The van der Waals surface area contributed by atoms with Crippen LogP contribution in [0.2, 0.25) is 5.02 Å². The van der Waals surface area contributed by atoms with Crippen LogP contribution in [0.15, 0.2) is 96.0 Å². The van der Waals surface area contributed by atoms with Crippen molar-refractivity contribution in [1.29, 1.82) is 0 Å². The zero-order valence-electron chi connectivity index (χ0n) is 25.1. The molecule has 0 spiro atoms. The highest BCUT2D eigenvalue weighted by atomic mass is 35.5. The third kappa shape index (κ3) is 6.35. The van der Waals surface area contributed by atoms with Gasteiger partial charge >= 0.3 is 0 Å². The van der Waals surface area contributed by atoms with Crippen molar-refractivity contribution < 1.29 is 26.7 Å². The van der Waals surface area contributed by atoms with Crippen molar-refractivity contribution in [2.75, 3.05) is 0 Å². The lowest BCUT2D eigenvalue weighted by atomic mass is 9.97. The maximum Gasteiger partial charge on any atom is 0.298 e. The SMILES string of the molecule is O=C([C@H](NS(=O)(=O)c1ccc2cc(OC3CCCC3)ccc2c1)C(F)(F)c1ccc(-c2ccc(Cl)cc2)cc1)N1Cc2cn[nH]c2C1. The predicted molar refractivity (Wildman–Crippen MR) is 175 cm³/mol. The summed E-state index contributed by atoms with van der Waals surface area (Å²) in [6.45, 7) is 0.0227. The minimum absolute atomic E-state index is 0.000779. The highest BCUT2D eigenvalue weighted by molar-refractivity contribution is 7.89. The van der Waals surface area contributed by atoms with E-state index in [4.69, 9.17) is 16.3 Å². The van der Waals surface area contributed by atoms with Crippen LogP contribution in [0, 0.1) is 0 Å². The van der Waals surface area contributed by atoms with Crippen molar-refractivity contribution in [3.05, 3.63) is 113 Å². The van der Waals surface area contributed by atoms with Crippen LogP contribution in [0.1, 0.15) is 42.5 Å². The molecule has 1 fully saturated rings. The molecule has 1 atom stereocenters. The maximum absolute atomic E-state index is 16.5. The number of sulfonamides is 1. The number of aromatic amines is 1. The molecule has 0 saturated heterocycles. The van der Waals surface area contributed by atoms with Crippen molar-refractivity contribution in [1.82, 2.24) is 19.8 Å². The molecule has 7 rings (SSSR count). The average molecular weight is 677 g/mol. The summed E-state index contributed by atoms with van der Waals surface area (Å²) >= 11 is 5.98. The molecule has 2 N–H and O–H groups in total. The number of alkyl halides is 2. The van der Waals surface area contributed by atoms with E-state index in [1.807, 2.05) is 6.07 Å². The fraction of sp³-hybridized carbons (Fsp3) is 0.257. The first kappa shape index (κ1) is 31.3. The van der Waals surface area contributed by atoms with Crippen LogP contribution < -0.4 is 9.46 Å². The number of nitrogens with zero attached hydrogens (tertiary/aromatic N) is 2. The molecule has 5 aromatic rings. The molecule has 1 aromatic heterocycles. The predicted octanol–water partition coefficient (Wildman–Crippen LogP) is 7.19. The number of amides is 1. The van der Waals surface area contributed by atoms with Crippen LogP contribution in [-0.2, 0) is 33.8 Å². The van der Waals surface area contributed by atoms with E-state index in [-0.39, 0.29) is 24.1 Å². The molecule has 4 aromatic carbocycles. The molecular weight excluding hydrogens is 646 g/mol. The van der Waals surface area contributed by atoms with Crippen LogP contribution >= 0.6 is 11.6 Å². The molecule has 1 saturated carbocycles. The van der Waals surface area contributed by atoms with Gasteiger partial charge in [-0.1, -0.05) is 60.1 Å². The molecule has 0 bridgehead atoms. The molecule has 1 aliphatic carbocycles. The lowest BCUT2D eigenvalue weighted by Gasteiger charge is -2.30. The Morgan fingerprint density at radius 1 is 0.936 bits per heavy atom. The fourth-order valence-corrected chi connectivity index (χ4v) is 7.59. The maximum atomic E-state index is 16.5. The van der Waals surface area contributed by atoms with Gasteiger partial charge in [-0.25, -0.2) is 8.42 Å². The lowest BCUT2D eigenvalue weighted by molar-refractivity contribution is -0.145. The Bertz CT molecular complexity index is 2030. The summed E-state index contributed by atoms with van der Waals surface area (Å²) in [4.78, 5) is 14.8. The number of nitrogens with one attached hydrogen (secondary N) is 2. The summed E-state index contributed by atoms with van der Waals surface area (Å²) in [6, 6.07) is 19.6. The van der Waals surface area contributed by atoms with Gasteiger partial charge in [-0.05, 0) is 84.0 Å².